The van der Waals surface area contributed by atoms with E-state index in [9.17, 15) is 4.79 Å². The van der Waals surface area contributed by atoms with E-state index in [-0.39, 0.29) is 0 Å². The molecule has 114 valence electrons. The van der Waals surface area contributed by atoms with Crippen molar-refractivity contribution in [2.24, 2.45) is 11.8 Å². The van der Waals surface area contributed by atoms with Crippen LogP contribution in [0, 0.1) is 11.8 Å². The average molecular weight is 289 g/mol. The summed E-state index contributed by atoms with van der Waals surface area (Å²) >= 11 is 0. The zero-order valence-corrected chi connectivity index (χ0v) is 12.3. The molecule has 0 unspecified atom stereocenters. The Bertz CT molecular complexity index is 473. The second-order valence-corrected chi connectivity index (χ2v) is 6.24. The fraction of sp³-hybridized carbons (Fsp3) is 0.588. The van der Waals surface area contributed by atoms with E-state index in [2.05, 4.69) is 4.90 Å². The van der Waals surface area contributed by atoms with Crippen molar-refractivity contribution in [1.82, 2.24) is 4.90 Å². The Balaban J connectivity index is 1.36. The van der Waals surface area contributed by atoms with E-state index in [1.807, 2.05) is 0 Å². The smallest absolute Gasteiger partial charge is 0.335 e. The van der Waals surface area contributed by atoms with Crippen molar-refractivity contribution < 1.29 is 14.6 Å². The molecule has 1 aliphatic heterocycles. The summed E-state index contributed by atoms with van der Waals surface area (Å²) in [7, 11) is 0. The van der Waals surface area contributed by atoms with Gasteiger partial charge in [0.05, 0.1) is 12.2 Å². The predicted octanol–water partition coefficient (Wildman–Crippen LogP) is 2.89. The first-order valence-corrected chi connectivity index (χ1v) is 7.91. The van der Waals surface area contributed by atoms with Crippen LogP contribution < -0.4 is 4.74 Å². The van der Waals surface area contributed by atoms with E-state index in [4.69, 9.17) is 9.84 Å². The highest BCUT2D eigenvalue weighted by Gasteiger charge is 2.35. The molecule has 0 bridgehead atoms. The van der Waals surface area contributed by atoms with Crippen molar-refractivity contribution >= 4 is 5.97 Å². The van der Waals surface area contributed by atoms with E-state index in [1.165, 1.54) is 32.4 Å². The van der Waals surface area contributed by atoms with E-state index in [0.29, 0.717) is 12.2 Å². The van der Waals surface area contributed by atoms with Crippen molar-refractivity contribution in [2.45, 2.75) is 25.7 Å². The number of nitrogens with zero attached hydrogens (tertiary/aromatic N) is 1. The fourth-order valence-corrected chi connectivity index (χ4v) is 3.69. The molecule has 0 aromatic heterocycles. The number of likely N-dealkylation sites (tertiary alicyclic amines) is 1. The van der Waals surface area contributed by atoms with Crippen LogP contribution in [0.25, 0.3) is 0 Å². The van der Waals surface area contributed by atoms with Gasteiger partial charge in [0.25, 0.3) is 0 Å². The van der Waals surface area contributed by atoms with Gasteiger partial charge in [0.15, 0.2) is 0 Å². The van der Waals surface area contributed by atoms with Crippen LogP contribution in [0.2, 0.25) is 0 Å². The first-order chi connectivity index (χ1) is 10.2. The number of rotatable bonds is 6. The summed E-state index contributed by atoms with van der Waals surface area (Å²) in [6.07, 6.45) is 5.31. The summed E-state index contributed by atoms with van der Waals surface area (Å²) in [5.41, 5.74) is 0.297. The minimum atomic E-state index is -0.902. The van der Waals surface area contributed by atoms with Gasteiger partial charge in [-0.2, -0.15) is 0 Å². The molecule has 1 aromatic rings. The molecular formula is C17H23NO3. The lowest BCUT2D eigenvalue weighted by molar-refractivity contribution is 0.0697. The van der Waals surface area contributed by atoms with Crippen LogP contribution in [0.1, 0.15) is 36.0 Å². The van der Waals surface area contributed by atoms with Crippen LogP contribution in [-0.4, -0.2) is 42.2 Å². The number of ether oxygens (including phenoxy) is 1. The highest BCUT2D eigenvalue weighted by Crippen LogP contribution is 2.37. The topological polar surface area (TPSA) is 49.8 Å². The lowest BCUT2D eigenvalue weighted by Crippen LogP contribution is -2.24. The van der Waals surface area contributed by atoms with E-state index in [0.717, 1.165) is 30.6 Å². The SMILES string of the molecule is O=C(O)c1ccc(OCCCN2C[C@@H]3CCC[C@H]3C2)cc1. The third kappa shape index (κ3) is 3.56. The number of carboxylic acid groups (broad SMARTS) is 1. The molecule has 1 heterocycles. The molecule has 2 aliphatic rings. The van der Waals surface area contributed by atoms with Gasteiger partial charge in [0.1, 0.15) is 5.75 Å². The zero-order valence-electron chi connectivity index (χ0n) is 12.3. The predicted molar refractivity (Wildman–Crippen MR) is 80.8 cm³/mol. The molecule has 1 N–H and O–H groups in total. The summed E-state index contributed by atoms with van der Waals surface area (Å²) in [6, 6.07) is 6.62. The quantitative estimate of drug-likeness (QED) is 0.818. The van der Waals surface area contributed by atoms with Crippen molar-refractivity contribution in [2.75, 3.05) is 26.2 Å². The van der Waals surface area contributed by atoms with Crippen LogP contribution >= 0.6 is 0 Å². The summed E-state index contributed by atoms with van der Waals surface area (Å²) < 4.78 is 5.67. The highest BCUT2D eigenvalue weighted by atomic mass is 16.5. The number of aromatic carboxylic acids is 1. The normalized spacial score (nSPS) is 25.0. The van der Waals surface area contributed by atoms with Gasteiger partial charge in [-0.1, -0.05) is 6.42 Å². The van der Waals surface area contributed by atoms with Gasteiger partial charge in [-0.25, -0.2) is 4.79 Å². The molecule has 3 rings (SSSR count). The van der Waals surface area contributed by atoms with Crippen LogP contribution in [0.4, 0.5) is 0 Å². The van der Waals surface area contributed by atoms with Gasteiger partial charge in [0, 0.05) is 19.6 Å². The summed E-state index contributed by atoms with van der Waals surface area (Å²) in [5, 5.41) is 8.83. The lowest BCUT2D eigenvalue weighted by Gasteiger charge is -2.16. The summed E-state index contributed by atoms with van der Waals surface area (Å²) in [5.74, 6) is 1.75. The number of benzene rings is 1. The molecule has 1 aliphatic carbocycles. The maximum atomic E-state index is 10.8. The first-order valence-electron chi connectivity index (χ1n) is 7.91. The van der Waals surface area contributed by atoms with Crippen LogP contribution in [-0.2, 0) is 0 Å². The van der Waals surface area contributed by atoms with E-state index >= 15 is 0 Å². The molecule has 4 nitrogen and oxygen atoms in total. The Morgan fingerprint density at radius 1 is 1.19 bits per heavy atom. The Labute approximate surface area is 125 Å². The third-order valence-corrected chi connectivity index (χ3v) is 4.79. The molecule has 21 heavy (non-hydrogen) atoms. The van der Waals surface area contributed by atoms with Crippen LogP contribution in [0.15, 0.2) is 24.3 Å². The largest absolute Gasteiger partial charge is 0.494 e. The van der Waals surface area contributed by atoms with Gasteiger partial charge < -0.3 is 14.7 Å². The minimum Gasteiger partial charge on any atom is -0.494 e. The standard InChI is InChI=1S/C17H23NO3/c19-17(20)13-5-7-16(8-6-13)21-10-2-9-18-11-14-3-1-4-15(14)12-18/h5-8,14-15H,1-4,9-12H2,(H,19,20)/t14-,15-/m0/s1. The molecule has 1 saturated heterocycles. The lowest BCUT2D eigenvalue weighted by atomic mass is 10.0. The molecule has 4 heteroatoms. The minimum absolute atomic E-state index is 0.297. The average Bonchev–Trinajstić information content (AvgIpc) is 3.05. The molecule has 2 atom stereocenters. The van der Waals surface area contributed by atoms with Crippen LogP contribution in [0.5, 0.6) is 5.75 Å². The Morgan fingerprint density at radius 3 is 2.48 bits per heavy atom. The first kappa shape index (κ1) is 14.4. The monoisotopic (exact) mass is 289 g/mol. The maximum Gasteiger partial charge on any atom is 0.335 e. The van der Waals surface area contributed by atoms with Gasteiger partial charge in [-0.15, -0.1) is 0 Å². The number of fused-ring (bicyclic) bond motifs is 1. The van der Waals surface area contributed by atoms with Gasteiger partial charge >= 0.3 is 5.97 Å². The summed E-state index contributed by atoms with van der Waals surface area (Å²) in [4.78, 5) is 13.3. The Morgan fingerprint density at radius 2 is 1.86 bits per heavy atom. The van der Waals surface area contributed by atoms with Crippen molar-refractivity contribution in [1.29, 1.82) is 0 Å². The van der Waals surface area contributed by atoms with Gasteiger partial charge in [-0.05, 0) is 55.4 Å². The number of hydrogen-bond donors (Lipinski definition) is 1. The second-order valence-electron chi connectivity index (χ2n) is 6.24. The zero-order chi connectivity index (χ0) is 14.7. The molecule has 0 spiro atoms. The van der Waals surface area contributed by atoms with E-state index < -0.39 is 5.97 Å². The van der Waals surface area contributed by atoms with Gasteiger partial charge in [-0.3, -0.25) is 0 Å². The summed E-state index contributed by atoms with van der Waals surface area (Å²) in [6.45, 7) is 4.36. The number of hydrogen-bond acceptors (Lipinski definition) is 3. The van der Waals surface area contributed by atoms with E-state index in [1.54, 1.807) is 24.3 Å². The highest BCUT2D eigenvalue weighted by molar-refractivity contribution is 5.87. The molecule has 2 fully saturated rings. The number of carbonyl (C=O) groups is 1. The van der Waals surface area contributed by atoms with Crippen molar-refractivity contribution in [3.05, 3.63) is 29.8 Å². The molecular weight excluding hydrogens is 266 g/mol. The molecule has 0 radical (unpaired) electrons. The Hall–Kier alpha value is -1.55. The molecule has 1 saturated carbocycles. The van der Waals surface area contributed by atoms with Crippen LogP contribution in [0.3, 0.4) is 0 Å². The number of carboxylic acids is 1. The van der Waals surface area contributed by atoms with Crippen molar-refractivity contribution in [3.63, 3.8) is 0 Å². The molecule has 0 amide bonds. The third-order valence-electron chi connectivity index (χ3n) is 4.79. The fourth-order valence-electron chi connectivity index (χ4n) is 3.69. The molecule has 1 aromatic carbocycles. The Kier molecular flexibility index (Phi) is 4.44. The van der Waals surface area contributed by atoms with Crippen molar-refractivity contribution in [3.8, 4) is 5.75 Å². The maximum absolute atomic E-state index is 10.8. The second kappa shape index (κ2) is 6.48. The van der Waals surface area contributed by atoms with Gasteiger partial charge in [0.2, 0.25) is 0 Å².